The summed E-state index contributed by atoms with van der Waals surface area (Å²) in [6, 6.07) is -0.989. The molecule has 3 heterocycles. The van der Waals surface area contributed by atoms with E-state index in [1.807, 2.05) is 0 Å². The molecule has 9 N–H and O–H groups in total. The smallest absolute Gasteiger partial charge is 0.335 e. The van der Waals surface area contributed by atoms with Gasteiger partial charge in [0.25, 0.3) is 5.91 Å². The van der Waals surface area contributed by atoms with Crippen LogP contribution in [0.2, 0.25) is 0 Å². The fraction of sp³-hybridized carbons (Fsp3) is 0.857. The number of nitrogens with zero attached hydrogens (tertiary/aromatic N) is 1. The first kappa shape index (κ1) is 51.6. The van der Waals surface area contributed by atoms with Crippen molar-refractivity contribution in [3.05, 3.63) is 11.3 Å². The molecule has 0 aromatic rings. The second-order valence-corrected chi connectivity index (χ2v) is 16.7. The van der Waals surface area contributed by atoms with Crippen molar-refractivity contribution in [3.8, 4) is 0 Å². The second-order valence-electron chi connectivity index (χ2n) is 16.7. The Morgan fingerprint density at radius 3 is 1.75 bits per heavy atom. The molecule has 0 aromatic carbocycles. The summed E-state index contributed by atoms with van der Waals surface area (Å²) in [6.07, 6.45) is 1.92. The number of rotatable bonds is 30. The van der Waals surface area contributed by atoms with Crippen molar-refractivity contribution >= 4 is 23.6 Å². The number of hydrogen-bond acceptors (Lipinski definition) is 15. The fourth-order valence-electron chi connectivity index (χ4n) is 8.06. The number of aliphatic carboxylic acids is 2. The van der Waals surface area contributed by atoms with Gasteiger partial charge in [-0.3, -0.25) is 14.4 Å². The van der Waals surface area contributed by atoms with E-state index in [0.29, 0.717) is 18.8 Å². The molecule has 0 bridgehead atoms. The Morgan fingerprint density at radius 1 is 0.700 bits per heavy atom. The van der Waals surface area contributed by atoms with Crippen molar-refractivity contribution in [2.75, 3.05) is 20.3 Å². The molecule has 3 aliphatic heterocycles. The SMILES string of the molecule is CC(CCCCCCCCCCCCC(=O)C1=C(O)[C@@H](CC(=O)O)N(C)C1=O)CCCCCCCCO[C@@H]1O[C@H](C(=O)O)[C@@H](O[C@@H]2O[C@H](CO)[C@H](O)[C@H](O)[C@H]2O)[C@H](O)[C@H]1O. The summed E-state index contributed by atoms with van der Waals surface area (Å²) in [6.45, 7) is 1.74. The van der Waals surface area contributed by atoms with E-state index in [2.05, 4.69) is 6.92 Å². The summed E-state index contributed by atoms with van der Waals surface area (Å²) in [5.41, 5.74) is -0.265. The number of carbonyl (C=O) groups is 4. The standard InChI is InChI=1S/C42H71NO17/c1-25(19-15-11-7-5-3-4-6-8-13-17-21-27(45)30-31(48)26(23-29(46)47)43(2)39(30)54)20-16-12-9-10-14-18-22-57-41-36(53)34(51)37(38(60-41)40(55)56)59-42-35(52)33(50)32(49)28(24-44)58-42/h25-26,28,32-38,41-42,44,48-53H,3-24H2,1-2H3,(H,46,47)(H,55,56)/t25?,26-,28-,32+,33+,34-,35-,36-,37+,38+,41-,42+/m1/s1. The zero-order valence-corrected chi connectivity index (χ0v) is 35.2. The number of likely N-dealkylation sites (N-methyl/N-ethyl adjacent to an activating group) is 1. The Labute approximate surface area is 352 Å². The lowest BCUT2D eigenvalue weighted by Gasteiger charge is -2.45. The largest absolute Gasteiger partial charge is 0.509 e. The van der Waals surface area contributed by atoms with Gasteiger partial charge < -0.3 is 69.8 Å². The first-order chi connectivity index (χ1) is 28.6. The van der Waals surface area contributed by atoms with Crippen LogP contribution in [0.15, 0.2) is 11.3 Å². The van der Waals surface area contributed by atoms with Crippen molar-refractivity contribution in [1.29, 1.82) is 0 Å². The predicted molar refractivity (Wildman–Crippen MR) is 213 cm³/mol. The van der Waals surface area contributed by atoms with Gasteiger partial charge in [0.15, 0.2) is 24.5 Å². The minimum absolute atomic E-state index is 0.163. The second kappa shape index (κ2) is 26.6. The average molecular weight is 862 g/mol. The van der Waals surface area contributed by atoms with Gasteiger partial charge in [-0.25, -0.2) is 4.79 Å². The van der Waals surface area contributed by atoms with Crippen LogP contribution in [0, 0.1) is 5.92 Å². The minimum atomic E-state index is -1.84. The van der Waals surface area contributed by atoms with Crippen LogP contribution in [-0.2, 0) is 38.1 Å². The van der Waals surface area contributed by atoms with Crippen molar-refractivity contribution in [2.45, 2.75) is 203 Å². The zero-order valence-electron chi connectivity index (χ0n) is 35.2. The van der Waals surface area contributed by atoms with Gasteiger partial charge in [-0.05, 0) is 18.8 Å². The number of amides is 1. The Hall–Kier alpha value is -2.78. The summed E-state index contributed by atoms with van der Waals surface area (Å²) in [7, 11) is 1.39. The Bertz CT molecular complexity index is 1360. The molecule has 60 heavy (non-hydrogen) atoms. The van der Waals surface area contributed by atoms with Crippen LogP contribution in [0.4, 0.5) is 0 Å². The molecule has 346 valence electrons. The number of unbranched alkanes of at least 4 members (excludes halogenated alkanes) is 14. The van der Waals surface area contributed by atoms with Crippen molar-refractivity contribution in [1.82, 2.24) is 4.90 Å². The van der Waals surface area contributed by atoms with Crippen LogP contribution in [0.1, 0.15) is 135 Å². The first-order valence-electron chi connectivity index (χ1n) is 21.9. The van der Waals surface area contributed by atoms with Gasteiger partial charge in [0.1, 0.15) is 60.1 Å². The number of hydrogen-bond donors (Lipinski definition) is 9. The van der Waals surface area contributed by atoms with E-state index in [0.717, 1.165) is 62.7 Å². The van der Waals surface area contributed by atoms with Crippen molar-refractivity contribution < 1.29 is 84.1 Å². The van der Waals surface area contributed by atoms with Gasteiger partial charge in [-0.1, -0.05) is 110 Å². The topological polar surface area (TPSA) is 291 Å². The monoisotopic (exact) mass is 861 g/mol. The number of carboxylic acid groups (broad SMARTS) is 2. The number of Topliss-reactive ketones (excluding diaryl/α,β-unsaturated/α-hetero) is 1. The molecule has 0 spiro atoms. The number of carboxylic acids is 2. The molecule has 0 saturated carbocycles. The van der Waals surface area contributed by atoms with Crippen LogP contribution in [0.5, 0.6) is 0 Å². The lowest BCUT2D eigenvalue weighted by molar-refractivity contribution is -0.354. The molecule has 1 amide bonds. The number of aliphatic hydroxyl groups excluding tert-OH is 7. The highest BCUT2D eigenvalue weighted by Gasteiger charge is 2.53. The molecular formula is C42H71NO17. The molecule has 3 rings (SSSR count). The maximum absolute atomic E-state index is 12.5. The highest BCUT2D eigenvalue weighted by Crippen LogP contribution is 2.31. The van der Waals surface area contributed by atoms with Crippen LogP contribution < -0.4 is 0 Å². The average Bonchev–Trinajstić information content (AvgIpc) is 3.41. The third-order valence-electron chi connectivity index (χ3n) is 11.9. The highest BCUT2D eigenvalue weighted by atomic mass is 16.7. The van der Waals surface area contributed by atoms with Crippen LogP contribution >= 0.6 is 0 Å². The summed E-state index contributed by atoms with van der Waals surface area (Å²) in [5, 5.41) is 90.0. The lowest BCUT2D eigenvalue weighted by atomic mass is 9.95. The maximum Gasteiger partial charge on any atom is 0.335 e. The van der Waals surface area contributed by atoms with Gasteiger partial charge in [0.05, 0.1) is 13.0 Å². The van der Waals surface area contributed by atoms with E-state index in [1.54, 1.807) is 0 Å². The van der Waals surface area contributed by atoms with Gasteiger partial charge in [0.2, 0.25) is 0 Å². The normalized spacial score (nSPS) is 30.2. The van der Waals surface area contributed by atoms with E-state index < -0.39 is 110 Å². The molecule has 18 nitrogen and oxygen atoms in total. The Balaban J connectivity index is 1.14. The molecule has 0 aliphatic carbocycles. The summed E-state index contributed by atoms with van der Waals surface area (Å²) < 4.78 is 21.7. The number of ether oxygens (including phenoxy) is 4. The maximum atomic E-state index is 12.5. The molecule has 2 saturated heterocycles. The summed E-state index contributed by atoms with van der Waals surface area (Å²) >= 11 is 0. The molecule has 1 unspecified atom stereocenters. The van der Waals surface area contributed by atoms with E-state index in [9.17, 15) is 60.0 Å². The van der Waals surface area contributed by atoms with E-state index in [4.69, 9.17) is 24.1 Å². The number of aliphatic hydroxyl groups is 7. The highest BCUT2D eigenvalue weighted by molar-refractivity contribution is 6.21. The van der Waals surface area contributed by atoms with E-state index >= 15 is 0 Å². The molecule has 3 aliphatic rings. The van der Waals surface area contributed by atoms with Gasteiger partial charge >= 0.3 is 11.9 Å². The van der Waals surface area contributed by atoms with E-state index in [1.165, 1.54) is 52.0 Å². The fourth-order valence-corrected chi connectivity index (χ4v) is 8.06. The molecule has 2 fully saturated rings. The van der Waals surface area contributed by atoms with Gasteiger partial charge in [-0.2, -0.15) is 0 Å². The van der Waals surface area contributed by atoms with Crippen molar-refractivity contribution in [2.24, 2.45) is 5.92 Å². The molecule has 0 radical (unpaired) electrons. The summed E-state index contributed by atoms with van der Waals surface area (Å²) in [4.78, 5) is 49.0. The quantitative estimate of drug-likeness (QED) is 0.0370. The minimum Gasteiger partial charge on any atom is -0.509 e. The van der Waals surface area contributed by atoms with E-state index in [-0.39, 0.29) is 18.6 Å². The van der Waals surface area contributed by atoms with Gasteiger partial charge in [0, 0.05) is 20.1 Å². The predicted octanol–water partition coefficient (Wildman–Crippen LogP) is 2.46. The van der Waals surface area contributed by atoms with Crippen LogP contribution in [0.25, 0.3) is 0 Å². The van der Waals surface area contributed by atoms with Crippen LogP contribution in [0.3, 0.4) is 0 Å². The molecular weight excluding hydrogens is 790 g/mol. The van der Waals surface area contributed by atoms with Crippen molar-refractivity contribution in [3.63, 3.8) is 0 Å². The zero-order chi connectivity index (χ0) is 44.4. The Morgan fingerprint density at radius 2 is 1.22 bits per heavy atom. The molecule has 12 atom stereocenters. The number of carbonyl (C=O) groups excluding carboxylic acids is 2. The third kappa shape index (κ3) is 15.5. The number of ketones is 1. The lowest BCUT2D eigenvalue weighted by Crippen LogP contribution is -2.65. The first-order valence-corrected chi connectivity index (χ1v) is 21.9. The van der Waals surface area contributed by atoms with Gasteiger partial charge in [-0.15, -0.1) is 0 Å². The Kier molecular flexibility index (Phi) is 22.9. The van der Waals surface area contributed by atoms with Crippen LogP contribution in [-0.4, -0.2) is 162 Å². The third-order valence-corrected chi connectivity index (χ3v) is 11.9. The molecule has 18 heteroatoms. The molecule has 0 aromatic heterocycles. The summed E-state index contributed by atoms with van der Waals surface area (Å²) in [5.74, 6) is -3.47.